The summed E-state index contributed by atoms with van der Waals surface area (Å²) in [5, 5.41) is 12.0. The number of benzene rings is 2. The first-order valence-electron chi connectivity index (χ1n) is 10.6. The van der Waals surface area contributed by atoms with Crippen molar-refractivity contribution in [3.05, 3.63) is 47.0 Å². The Hall–Kier alpha value is -1.57. The molecule has 1 atom stereocenters. The van der Waals surface area contributed by atoms with Crippen molar-refractivity contribution in [1.82, 2.24) is 14.9 Å². The minimum absolute atomic E-state index is 0.0524. The van der Waals surface area contributed by atoms with Crippen molar-refractivity contribution in [2.75, 3.05) is 27.2 Å². The number of hydrogen-bond donors (Lipinski definition) is 2. The van der Waals surface area contributed by atoms with E-state index in [4.69, 9.17) is 9.85 Å². The average Bonchev–Trinajstić information content (AvgIpc) is 3.22. The molecule has 6 nitrogen and oxygen atoms in total. The van der Waals surface area contributed by atoms with Gasteiger partial charge in [-0.2, -0.15) is 0 Å². The Bertz CT molecular complexity index is 1230. The summed E-state index contributed by atoms with van der Waals surface area (Å²) in [7, 11) is -0.511. The average molecular weight is 547 g/mol. The van der Waals surface area contributed by atoms with E-state index in [-0.39, 0.29) is 11.0 Å². The number of ether oxygens (including phenoxy) is 1. The van der Waals surface area contributed by atoms with Crippen molar-refractivity contribution < 1.29 is 27.0 Å². The van der Waals surface area contributed by atoms with Crippen molar-refractivity contribution in [2.45, 2.75) is 45.6 Å². The third-order valence-electron chi connectivity index (χ3n) is 5.20. The van der Waals surface area contributed by atoms with Gasteiger partial charge < -0.3 is 0 Å². The summed E-state index contributed by atoms with van der Waals surface area (Å²) < 4.78 is 36.6. The van der Waals surface area contributed by atoms with Crippen molar-refractivity contribution in [3.63, 3.8) is 0 Å². The first-order valence-corrected chi connectivity index (χ1v) is 15.9. The molecule has 2 N–H and O–H groups in total. The van der Waals surface area contributed by atoms with E-state index in [1.807, 2.05) is 13.8 Å². The van der Waals surface area contributed by atoms with Crippen LogP contribution in [0, 0.1) is 20.8 Å². The summed E-state index contributed by atoms with van der Waals surface area (Å²) in [4.78, 5) is 0.253. The number of nitrogens with zero attached hydrogens (tertiary/aromatic N) is 1. The number of nitrogens with one attached hydrogen (secondary N) is 2. The van der Waals surface area contributed by atoms with E-state index in [0.717, 1.165) is 21.6 Å². The topological polar surface area (TPSA) is 70.7 Å². The number of aryl methyl sites for hydroxylation is 3. The number of rotatable bonds is 6. The van der Waals surface area contributed by atoms with Crippen molar-refractivity contribution in [2.24, 2.45) is 0 Å². The van der Waals surface area contributed by atoms with Gasteiger partial charge in [-0.3, -0.25) is 0 Å². The van der Waals surface area contributed by atoms with E-state index < -0.39 is 23.9 Å². The molecule has 2 aromatic carbocycles. The van der Waals surface area contributed by atoms with Crippen LogP contribution in [0.4, 0.5) is 0 Å². The van der Waals surface area contributed by atoms with E-state index in [1.54, 1.807) is 32.3 Å². The molecular formula is C24H35N3O3RuS. The second-order valence-corrected chi connectivity index (χ2v) is 16.5. The Kier molecular flexibility index (Phi) is 7.33. The third-order valence-corrected chi connectivity index (χ3v) is 14.2. The SMILES string of the molecule is [CH2]=[Ru](=[C]1NCCN1)([c]1cc(S(=O)(=O)N(C)C)ccc1OC(C)C)[c]1c(C)cc(C)cc1C. The maximum absolute atomic E-state index is 13.0. The Morgan fingerprint density at radius 1 is 1.03 bits per heavy atom. The van der Waals surface area contributed by atoms with Crippen LogP contribution in [0.2, 0.25) is 0 Å². The van der Waals surface area contributed by atoms with E-state index >= 15 is 0 Å². The van der Waals surface area contributed by atoms with Crippen LogP contribution in [-0.2, 0) is 23.9 Å². The van der Waals surface area contributed by atoms with Crippen molar-refractivity contribution in [3.8, 4) is 5.75 Å². The van der Waals surface area contributed by atoms with Crippen LogP contribution in [0.5, 0.6) is 5.75 Å². The molecule has 1 aliphatic rings. The number of sulfonamides is 1. The molecule has 1 saturated heterocycles. The molecule has 0 bridgehead atoms. The molecule has 1 heterocycles. The molecule has 8 heteroatoms. The summed E-state index contributed by atoms with van der Waals surface area (Å²) in [5.74, 6) is 0.696. The first kappa shape index (κ1) is 25.1. The molecule has 1 unspecified atom stereocenters. The molecule has 0 aromatic heterocycles. The Morgan fingerprint density at radius 2 is 1.59 bits per heavy atom. The first-order chi connectivity index (χ1) is 14.9. The summed E-state index contributed by atoms with van der Waals surface area (Å²) in [6.07, 6.45) is -0.0524. The molecule has 3 rings (SSSR count). The predicted octanol–water partition coefficient (Wildman–Crippen LogP) is 1.47. The van der Waals surface area contributed by atoms with Gasteiger partial charge in [0.2, 0.25) is 0 Å². The van der Waals surface area contributed by atoms with Gasteiger partial charge in [-0.05, 0) is 0 Å². The van der Waals surface area contributed by atoms with Gasteiger partial charge in [-0.1, -0.05) is 0 Å². The van der Waals surface area contributed by atoms with E-state index in [1.165, 1.54) is 25.2 Å². The van der Waals surface area contributed by atoms with Gasteiger partial charge in [0.05, 0.1) is 0 Å². The molecule has 1 fully saturated rings. The van der Waals surface area contributed by atoms with E-state index in [9.17, 15) is 8.42 Å². The Morgan fingerprint density at radius 3 is 2.09 bits per heavy atom. The summed E-state index contributed by atoms with van der Waals surface area (Å²) >= 11 is -3.35. The zero-order valence-corrected chi connectivity index (χ0v) is 22.6. The molecule has 0 amide bonds. The fourth-order valence-corrected chi connectivity index (χ4v) is 12.2. The van der Waals surface area contributed by atoms with Crippen LogP contribution in [0.3, 0.4) is 0 Å². The van der Waals surface area contributed by atoms with Gasteiger partial charge in [0, 0.05) is 0 Å². The molecule has 178 valence electrons. The van der Waals surface area contributed by atoms with Crippen LogP contribution < -0.4 is 23.7 Å². The Labute approximate surface area is 194 Å². The summed E-state index contributed by atoms with van der Waals surface area (Å²) in [6, 6.07) is 9.58. The van der Waals surface area contributed by atoms with Gasteiger partial charge in [0.25, 0.3) is 0 Å². The molecule has 0 spiro atoms. The van der Waals surface area contributed by atoms with Gasteiger partial charge in [-0.15, -0.1) is 0 Å². The van der Waals surface area contributed by atoms with Crippen molar-refractivity contribution in [1.29, 1.82) is 0 Å². The van der Waals surface area contributed by atoms with E-state index in [0.29, 0.717) is 5.75 Å². The van der Waals surface area contributed by atoms with E-state index in [2.05, 4.69) is 43.5 Å². The van der Waals surface area contributed by atoms with Crippen LogP contribution >= 0.6 is 0 Å². The fraction of sp³-hybridized carbons (Fsp3) is 0.417. The maximum atomic E-state index is 13.0. The second-order valence-electron chi connectivity index (χ2n) is 8.53. The van der Waals surface area contributed by atoms with Crippen LogP contribution in [-0.4, -0.2) is 55.5 Å². The standard InChI is InChI=1S/C11H16NO3S.C9H11.C3H6N2.CH2.Ru/c1-9(2)15-10-5-7-11(8-6-10)16(13,14)12(3)4;1-7-4-8(2)6-9(3)5-7;1-2-5-3-4-1;;/h5,7-9H,1-4H3;4-5H,1-3H3;4-5H,1-2H2;1H2;. The Balaban J connectivity index is 2.48. The third kappa shape index (κ3) is 4.57. The van der Waals surface area contributed by atoms with Gasteiger partial charge in [0.15, 0.2) is 0 Å². The molecule has 0 saturated carbocycles. The molecule has 2 aromatic rings. The molecule has 0 radical (unpaired) electrons. The predicted molar refractivity (Wildman–Crippen MR) is 131 cm³/mol. The molecular weight excluding hydrogens is 511 g/mol. The fourth-order valence-electron chi connectivity index (χ4n) is 3.96. The summed E-state index contributed by atoms with van der Waals surface area (Å²) in [6.45, 7) is 11.9. The normalized spacial score (nSPS) is 17.6. The molecule has 0 aliphatic carbocycles. The number of hydrogen-bond acceptors (Lipinski definition) is 5. The van der Waals surface area contributed by atoms with Crippen LogP contribution in [0.25, 0.3) is 0 Å². The van der Waals surface area contributed by atoms with Gasteiger partial charge in [0.1, 0.15) is 0 Å². The van der Waals surface area contributed by atoms with Crippen LogP contribution in [0.15, 0.2) is 35.2 Å². The molecule has 32 heavy (non-hydrogen) atoms. The monoisotopic (exact) mass is 547 g/mol. The second kappa shape index (κ2) is 9.36. The van der Waals surface area contributed by atoms with Gasteiger partial charge >= 0.3 is 195 Å². The zero-order chi connectivity index (χ0) is 23.8. The zero-order valence-electron chi connectivity index (χ0n) is 20.0. The van der Waals surface area contributed by atoms with Crippen molar-refractivity contribution >= 4 is 27.8 Å². The van der Waals surface area contributed by atoms with Crippen LogP contribution in [0.1, 0.15) is 30.5 Å². The molecule has 1 aliphatic heterocycles. The van der Waals surface area contributed by atoms with Gasteiger partial charge in [-0.25, -0.2) is 0 Å². The summed E-state index contributed by atoms with van der Waals surface area (Å²) in [5.41, 5.74) is 3.54. The quantitative estimate of drug-likeness (QED) is 0.537. The minimum atomic E-state index is -3.61.